The minimum absolute atomic E-state index is 0.0338. The SMILES string of the molecule is C=C(C)C(C)CC(CCc1cccc(C(=O)c2ccccc2)c1)C(C)=O. The van der Waals surface area contributed by atoms with Crippen LogP contribution in [-0.4, -0.2) is 11.6 Å². The van der Waals surface area contributed by atoms with Crippen LogP contribution >= 0.6 is 0 Å². The number of ketones is 2. The van der Waals surface area contributed by atoms with E-state index in [4.69, 9.17) is 0 Å². The number of allylic oxidation sites excluding steroid dienone is 1. The number of carbonyl (C=O) groups is 2. The van der Waals surface area contributed by atoms with Gasteiger partial charge in [0.15, 0.2) is 5.78 Å². The van der Waals surface area contributed by atoms with Crippen LogP contribution in [0, 0.1) is 11.8 Å². The zero-order valence-electron chi connectivity index (χ0n) is 16.0. The van der Waals surface area contributed by atoms with Crippen LogP contribution in [0.2, 0.25) is 0 Å². The Labute approximate surface area is 157 Å². The van der Waals surface area contributed by atoms with Crippen molar-refractivity contribution in [3.8, 4) is 0 Å². The molecule has 0 bridgehead atoms. The topological polar surface area (TPSA) is 34.1 Å². The van der Waals surface area contributed by atoms with Gasteiger partial charge in [0.25, 0.3) is 0 Å². The highest BCUT2D eigenvalue weighted by Crippen LogP contribution is 2.23. The second-order valence-electron chi connectivity index (χ2n) is 7.22. The summed E-state index contributed by atoms with van der Waals surface area (Å²) in [5, 5.41) is 0. The molecule has 2 atom stereocenters. The average Bonchev–Trinajstić information content (AvgIpc) is 2.64. The van der Waals surface area contributed by atoms with Crippen LogP contribution in [0.15, 0.2) is 66.7 Å². The van der Waals surface area contributed by atoms with Gasteiger partial charge in [-0.15, -0.1) is 0 Å². The van der Waals surface area contributed by atoms with Crippen LogP contribution in [0.5, 0.6) is 0 Å². The summed E-state index contributed by atoms with van der Waals surface area (Å²) < 4.78 is 0. The van der Waals surface area contributed by atoms with Gasteiger partial charge in [0.05, 0.1) is 0 Å². The summed E-state index contributed by atoms with van der Waals surface area (Å²) in [6.07, 6.45) is 2.44. The fourth-order valence-corrected chi connectivity index (χ4v) is 3.08. The van der Waals surface area contributed by atoms with E-state index in [1.54, 1.807) is 6.92 Å². The number of aryl methyl sites for hydroxylation is 1. The van der Waals surface area contributed by atoms with Crippen LogP contribution < -0.4 is 0 Å². The van der Waals surface area contributed by atoms with E-state index in [9.17, 15) is 9.59 Å². The van der Waals surface area contributed by atoms with Gasteiger partial charge in [0.2, 0.25) is 0 Å². The van der Waals surface area contributed by atoms with Crippen molar-refractivity contribution in [3.63, 3.8) is 0 Å². The van der Waals surface area contributed by atoms with Gasteiger partial charge in [-0.1, -0.05) is 67.6 Å². The Hall–Kier alpha value is -2.48. The number of hydrogen-bond donors (Lipinski definition) is 0. The number of Topliss-reactive ketones (excluding diaryl/α,β-unsaturated/α-hetero) is 1. The van der Waals surface area contributed by atoms with E-state index in [0.717, 1.165) is 30.4 Å². The van der Waals surface area contributed by atoms with Gasteiger partial charge in [-0.05, 0) is 50.7 Å². The normalized spacial score (nSPS) is 13.0. The molecule has 2 aromatic rings. The molecule has 26 heavy (non-hydrogen) atoms. The van der Waals surface area contributed by atoms with E-state index in [1.165, 1.54) is 0 Å². The van der Waals surface area contributed by atoms with Gasteiger partial charge in [0.1, 0.15) is 5.78 Å². The summed E-state index contributed by atoms with van der Waals surface area (Å²) in [4.78, 5) is 24.6. The molecule has 136 valence electrons. The van der Waals surface area contributed by atoms with Crippen molar-refractivity contribution < 1.29 is 9.59 Å². The maximum Gasteiger partial charge on any atom is 0.193 e. The van der Waals surface area contributed by atoms with Gasteiger partial charge < -0.3 is 0 Å². The largest absolute Gasteiger partial charge is 0.300 e. The fraction of sp³-hybridized carbons (Fsp3) is 0.333. The number of benzene rings is 2. The van der Waals surface area contributed by atoms with E-state index in [-0.39, 0.29) is 17.5 Å². The lowest BCUT2D eigenvalue weighted by Gasteiger charge is -2.19. The quantitative estimate of drug-likeness (QED) is 0.433. The molecule has 2 aromatic carbocycles. The molecule has 0 saturated heterocycles. The van der Waals surface area contributed by atoms with Crippen molar-refractivity contribution in [2.45, 2.75) is 40.0 Å². The molecule has 0 spiro atoms. The Bertz CT molecular complexity index is 774. The molecule has 0 fully saturated rings. The Morgan fingerprint density at radius 1 is 0.962 bits per heavy atom. The standard InChI is InChI=1S/C24H28O2/c1-17(2)18(3)15-22(19(4)25)14-13-20-9-8-12-23(16-20)24(26)21-10-6-5-7-11-21/h5-12,16,18,22H,1,13-15H2,2-4H3. The first-order valence-electron chi connectivity index (χ1n) is 9.23. The molecule has 0 aliphatic carbocycles. The first-order valence-corrected chi connectivity index (χ1v) is 9.23. The van der Waals surface area contributed by atoms with E-state index in [2.05, 4.69) is 13.5 Å². The number of rotatable bonds is 9. The number of carbonyl (C=O) groups excluding carboxylic acids is 2. The summed E-state index contributed by atoms with van der Waals surface area (Å²) in [6, 6.07) is 17.1. The van der Waals surface area contributed by atoms with E-state index < -0.39 is 0 Å². The third kappa shape index (κ3) is 5.52. The summed E-state index contributed by atoms with van der Waals surface area (Å²) in [7, 11) is 0. The molecule has 0 amide bonds. The molecule has 0 aliphatic rings. The molecule has 2 unspecified atom stereocenters. The summed E-state index contributed by atoms with van der Waals surface area (Å²) >= 11 is 0. The third-order valence-corrected chi connectivity index (χ3v) is 5.06. The van der Waals surface area contributed by atoms with Crippen LogP contribution in [0.25, 0.3) is 0 Å². The minimum atomic E-state index is 0.0338. The second-order valence-corrected chi connectivity index (χ2v) is 7.22. The van der Waals surface area contributed by atoms with Crippen LogP contribution in [-0.2, 0) is 11.2 Å². The maximum absolute atomic E-state index is 12.6. The second kappa shape index (κ2) is 9.28. The third-order valence-electron chi connectivity index (χ3n) is 5.06. The lowest BCUT2D eigenvalue weighted by atomic mass is 9.85. The van der Waals surface area contributed by atoms with Crippen LogP contribution in [0.4, 0.5) is 0 Å². The molecule has 0 radical (unpaired) electrons. The highest BCUT2D eigenvalue weighted by Gasteiger charge is 2.18. The van der Waals surface area contributed by atoms with Crippen LogP contribution in [0.1, 0.15) is 55.1 Å². The fourth-order valence-electron chi connectivity index (χ4n) is 3.08. The average molecular weight is 348 g/mol. The monoisotopic (exact) mass is 348 g/mol. The molecule has 2 heteroatoms. The van der Waals surface area contributed by atoms with E-state index in [1.807, 2.05) is 61.5 Å². The van der Waals surface area contributed by atoms with Gasteiger partial charge in [-0.25, -0.2) is 0 Å². The Morgan fingerprint density at radius 2 is 1.62 bits per heavy atom. The molecule has 2 nitrogen and oxygen atoms in total. The zero-order valence-corrected chi connectivity index (χ0v) is 16.0. The van der Waals surface area contributed by atoms with E-state index in [0.29, 0.717) is 17.0 Å². The maximum atomic E-state index is 12.6. The van der Waals surface area contributed by atoms with Crippen molar-refractivity contribution in [2.24, 2.45) is 11.8 Å². The van der Waals surface area contributed by atoms with Gasteiger partial charge in [-0.2, -0.15) is 0 Å². The molecule has 0 heterocycles. The van der Waals surface area contributed by atoms with Gasteiger partial charge in [-0.3, -0.25) is 9.59 Å². The Balaban J connectivity index is 2.06. The summed E-state index contributed by atoms with van der Waals surface area (Å²) in [5.74, 6) is 0.645. The molecule has 0 saturated carbocycles. The van der Waals surface area contributed by atoms with Gasteiger partial charge >= 0.3 is 0 Å². The molecule has 0 N–H and O–H groups in total. The lowest BCUT2D eigenvalue weighted by molar-refractivity contribution is -0.121. The van der Waals surface area contributed by atoms with Gasteiger partial charge in [0, 0.05) is 17.0 Å². The van der Waals surface area contributed by atoms with Crippen molar-refractivity contribution in [3.05, 3.63) is 83.4 Å². The molecule has 0 aliphatic heterocycles. The predicted molar refractivity (Wildman–Crippen MR) is 107 cm³/mol. The number of hydrogen-bond acceptors (Lipinski definition) is 2. The minimum Gasteiger partial charge on any atom is -0.300 e. The van der Waals surface area contributed by atoms with Crippen molar-refractivity contribution in [1.82, 2.24) is 0 Å². The highest BCUT2D eigenvalue weighted by atomic mass is 16.1. The van der Waals surface area contributed by atoms with Crippen molar-refractivity contribution in [1.29, 1.82) is 0 Å². The first kappa shape index (κ1) is 19.8. The smallest absolute Gasteiger partial charge is 0.193 e. The molecular weight excluding hydrogens is 320 g/mol. The van der Waals surface area contributed by atoms with Crippen LogP contribution in [0.3, 0.4) is 0 Å². The first-order chi connectivity index (χ1) is 12.4. The lowest BCUT2D eigenvalue weighted by Crippen LogP contribution is -2.16. The summed E-state index contributed by atoms with van der Waals surface area (Å²) in [5.41, 5.74) is 3.61. The highest BCUT2D eigenvalue weighted by molar-refractivity contribution is 6.09. The Morgan fingerprint density at radius 3 is 2.23 bits per heavy atom. The molecule has 0 aromatic heterocycles. The Kier molecular flexibility index (Phi) is 7.08. The zero-order chi connectivity index (χ0) is 19.1. The van der Waals surface area contributed by atoms with Crippen molar-refractivity contribution in [2.75, 3.05) is 0 Å². The summed E-state index contributed by atoms with van der Waals surface area (Å²) in [6.45, 7) is 9.81. The molecule has 2 rings (SSSR count). The van der Waals surface area contributed by atoms with E-state index >= 15 is 0 Å². The molecular formula is C24H28O2. The predicted octanol–water partition coefficient (Wildman–Crippen LogP) is 5.66. The van der Waals surface area contributed by atoms with Crippen molar-refractivity contribution >= 4 is 11.6 Å².